The molecule has 0 aliphatic carbocycles. The molecule has 1 aromatic rings. The van der Waals surface area contributed by atoms with Crippen molar-refractivity contribution in [2.45, 2.75) is 46.1 Å². The lowest BCUT2D eigenvalue weighted by Crippen LogP contribution is -2.41. The molecule has 0 saturated heterocycles. The average molecular weight is 248 g/mol. The van der Waals surface area contributed by atoms with Gasteiger partial charge in [0.2, 0.25) is 0 Å². The fourth-order valence-electron chi connectivity index (χ4n) is 1.92. The quantitative estimate of drug-likeness (QED) is 0.792. The zero-order chi connectivity index (χ0) is 13.4. The minimum absolute atomic E-state index is 0.202. The lowest BCUT2D eigenvalue weighted by Gasteiger charge is -2.28. The van der Waals surface area contributed by atoms with Crippen molar-refractivity contribution in [3.63, 3.8) is 0 Å². The molecule has 0 bridgehead atoms. The molecule has 0 saturated carbocycles. The first-order valence-corrected chi connectivity index (χ1v) is 7.08. The molecule has 0 aliphatic heterocycles. The van der Waals surface area contributed by atoms with Gasteiger partial charge in [-0.2, -0.15) is 0 Å². The van der Waals surface area contributed by atoms with Crippen LogP contribution in [-0.4, -0.2) is 25.2 Å². The third kappa shape index (κ3) is 6.06. The maximum absolute atomic E-state index is 3.56. The summed E-state index contributed by atoms with van der Waals surface area (Å²) in [6, 6.07) is 10.7. The second kappa shape index (κ2) is 7.42. The molecule has 102 valence electrons. The van der Waals surface area contributed by atoms with Crippen molar-refractivity contribution in [2.24, 2.45) is 0 Å². The van der Waals surface area contributed by atoms with Crippen LogP contribution in [0.5, 0.6) is 0 Å². The van der Waals surface area contributed by atoms with Crippen LogP contribution in [0, 0.1) is 0 Å². The van der Waals surface area contributed by atoms with E-state index in [1.54, 1.807) is 0 Å². The Morgan fingerprint density at radius 3 is 2.28 bits per heavy atom. The van der Waals surface area contributed by atoms with Crippen molar-refractivity contribution < 1.29 is 0 Å². The molecular weight excluding hydrogens is 220 g/mol. The molecule has 0 aliphatic rings. The Balaban J connectivity index is 2.51. The highest BCUT2D eigenvalue weighted by Gasteiger charge is 2.10. The minimum atomic E-state index is 0.202. The molecule has 0 spiro atoms. The lowest BCUT2D eigenvalue weighted by molar-refractivity contribution is 0.428. The Hall–Kier alpha value is -1.02. The molecule has 18 heavy (non-hydrogen) atoms. The van der Waals surface area contributed by atoms with Crippen molar-refractivity contribution in [3.05, 3.63) is 30.3 Å². The van der Waals surface area contributed by atoms with E-state index in [2.05, 4.69) is 68.2 Å². The second-order valence-electron chi connectivity index (χ2n) is 5.85. The van der Waals surface area contributed by atoms with Crippen molar-refractivity contribution in [1.82, 2.24) is 5.32 Å². The number of unbranched alkanes of at least 4 members (excludes halogenated alkanes) is 1. The number of nitrogens with one attached hydrogen (secondary N) is 1. The molecule has 0 amide bonds. The first-order chi connectivity index (χ1) is 8.53. The van der Waals surface area contributed by atoms with Crippen LogP contribution in [0.1, 0.15) is 40.5 Å². The molecule has 2 heteroatoms. The number of rotatable bonds is 7. The fraction of sp³-hybridized carbons (Fsp3) is 0.625. The molecule has 0 atom stereocenters. The zero-order valence-corrected chi connectivity index (χ0v) is 12.4. The van der Waals surface area contributed by atoms with E-state index in [-0.39, 0.29) is 5.54 Å². The van der Waals surface area contributed by atoms with E-state index in [9.17, 15) is 0 Å². The van der Waals surface area contributed by atoms with E-state index >= 15 is 0 Å². The Bertz CT molecular complexity index is 314. The van der Waals surface area contributed by atoms with Crippen LogP contribution in [0.2, 0.25) is 0 Å². The standard InChI is InChI=1S/C16H28N2/c1-5-6-13-18(14-12-17-16(2,3)4)15-10-8-7-9-11-15/h7-11,17H,5-6,12-14H2,1-4H3. The van der Waals surface area contributed by atoms with Crippen LogP contribution in [0.15, 0.2) is 30.3 Å². The molecule has 0 aromatic heterocycles. The highest BCUT2D eigenvalue weighted by Crippen LogP contribution is 2.13. The largest absolute Gasteiger partial charge is 0.370 e. The summed E-state index contributed by atoms with van der Waals surface area (Å²) in [4.78, 5) is 2.47. The third-order valence-electron chi connectivity index (χ3n) is 2.94. The number of hydrogen-bond donors (Lipinski definition) is 1. The minimum Gasteiger partial charge on any atom is -0.370 e. The number of para-hydroxylation sites is 1. The van der Waals surface area contributed by atoms with Gasteiger partial charge in [-0.1, -0.05) is 31.5 Å². The molecule has 0 heterocycles. The Morgan fingerprint density at radius 2 is 1.72 bits per heavy atom. The van der Waals surface area contributed by atoms with Gasteiger partial charge in [0.05, 0.1) is 0 Å². The summed E-state index contributed by atoms with van der Waals surface area (Å²) in [5, 5.41) is 3.56. The number of nitrogens with zero attached hydrogens (tertiary/aromatic N) is 1. The summed E-state index contributed by atoms with van der Waals surface area (Å²) in [6.07, 6.45) is 2.50. The van der Waals surface area contributed by atoms with Gasteiger partial charge in [-0.15, -0.1) is 0 Å². The summed E-state index contributed by atoms with van der Waals surface area (Å²) in [7, 11) is 0. The van der Waals surface area contributed by atoms with Gasteiger partial charge in [0.15, 0.2) is 0 Å². The summed E-state index contributed by atoms with van der Waals surface area (Å²) < 4.78 is 0. The van der Waals surface area contributed by atoms with Crippen molar-refractivity contribution in [3.8, 4) is 0 Å². The first-order valence-electron chi connectivity index (χ1n) is 7.08. The van der Waals surface area contributed by atoms with Gasteiger partial charge < -0.3 is 10.2 Å². The zero-order valence-electron chi connectivity index (χ0n) is 12.4. The van der Waals surface area contributed by atoms with Gasteiger partial charge in [-0.25, -0.2) is 0 Å². The Morgan fingerprint density at radius 1 is 1.06 bits per heavy atom. The van der Waals surface area contributed by atoms with Gasteiger partial charge in [-0.05, 0) is 39.3 Å². The molecular formula is C16H28N2. The number of benzene rings is 1. The first kappa shape index (κ1) is 15.0. The van der Waals surface area contributed by atoms with E-state index < -0.39 is 0 Å². The van der Waals surface area contributed by atoms with Gasteiger partial charge >= 0.3 is 0 Å². The van der Waals surface area contributed by atoms with Gasteiger partial charge in [0.25, 0.3) is 0 Å². The smallest absolute Gasteiger partial charge is 0.0366 e. The van der Waals surface area contributed by atoms with Crippen LogP contribution in [0.4, 0.5) is 5.69 Å². The molecule has 0 unspecified atom stereocenters. The SMILES string of the molecule is CCCCN(CCNC(C)(C)C)c1ccccc1. The van der Waals surface area contributed by atoms with Crippen molar-refractivity contribution >= 4 is 5.69 Å². The lowest BCUT2D eigenvalue weighted by atomic mass is 10.1. The monoisotopic (exact) mass is 248 g/mol. The highest BCUT2D eigenvalue weighted by atomic mass is 15.1. The van der Waals surface area contributed by atoms with E-state index in [1.165, 1.54) is 18.5 Å². The summed E-state index contributed by atoms with van der Waals surface area (Å²) in [6.45, 7) is 12.1. The second-order valence-corrected chi connectivity index (χ2v) is 5.85. The van der Waals surface area contributed by atoms with E-state index in [4.69, 9.17) is 0 Å². The number of anilines is 1. The molecule has 1 N–H and O–H groups in total. The fourth-order valence-corrected chi connectivity index (χ4v) is 1.92. The predicted octanol–water partition coefficient (Wildman–Crippen LogP) is 3.68. The van der Waals surface area contributed by atoms with Gasteiger partial charge in [-0.3, -0.25) is 0 Å². The summed E-state index contributed by atoms with van der Waals surface area (Å²) in [5.41, 5.74) is 1.54. The summed E-state index contributed by atoms with van der Waals surface area (Å²) in [5.74, 6) is 0. The van der Waals surface area contributed by atoms with Gasteiger partial charge in [0.1, 0.15) is 0 Å². The Labute approximate surface area is 112 Å². The van der Waals surface area contributed by atoms with Crippen LogP contribution < -0.4 is 10.2 Å². The molecule has 2 nitrogen and oxygen atoms in total. The molecule has 1 aromatic carbocycles. The maximum atomic E-state index is 3.56. The third-order valence-corrected chi connectivity index (χ3v) is 2.94. The van der Waals surface area contributed by atoms with E-state index in [1.807, 2.05) is 0 Å². The highest BCUT2D eigenvalue weighted by molar-refractivity contribution is 5.45. The van der Waals surface area contributed by atoms with Crippen molar-refractivity contribution in [2.75, 3.05) is 24.5 Å². The summed E-state index contributed by atoms with van der Waals surface area (Å²) >= 11 is 0. The van der Waals surface area contributed by atoms with E-state index in [0.29, 0.717) is 0 Å². The molecule has 1 rings (SSSR count). The normalized spacial score (nSPS) is 11.6. The van der Waals surface area contributed by atoms with Gasteiger partial charge in [0, 0.05) is 30.9 Å². The van der Waals surface area contributed by atoms with Crippen LogP contribution in [0.25, 0.3) is 0 Å². The van der Waals surface area contributed by atoms with Crippen molar-refractivity contribution in [1.29, 1.82) is 0 Å². The molecule has 0 fully saturated rings. The van der Waals surface area contributed by atoms with Crippen LogP contribution >= 0.6 is 0 Å². The topological polar surface area (TPSA) is 15.3 Å². The van der Waals surface area contributed by atoms with Crippen LogP contribution in [0.3, 0.4) is 0 Å². The average Bonchev–Trinajstić information content (AvgIpc) is 2.33. The van der Waals surface area contributed by atoms with Crippen LogP contribution in [-0.2, 0) is 0 Å². The van der Waals surface area contributed by atoms with E-state index in [0.717, 1.165) is 19.6 Å². The maximum Gasteiger partial charge on any atom is 0.0366 e. The predicted molar refractivity (Wildman–Crippen MR) is 81.3 cm³/mol. The molecule has 0 radical (unpaired) electrons. The Kier molecular flexibility index (Phi) is 6.20. The number of hydrogen-bond acceptors (Lipinski definition) is 2.